The van der Waals surface area contributed by atoms with Crippen molar-refractivity contribution in [2.24, 2.45) is 5.92 Å². The van der Waals surface area contributed by atoms with E-state index in [1.807, 2.05) is 0 Å². The molecule has 0 radical (unpaired) electrons. The lowest BCUT2D eigenvalue weighted by atomic mass is 9.85. The fourth-order valence-electron chi connectivity index (χ4n) is 2.41. The number of aryl methyl sites for hydroxylation is 2. The fourth-order valence-corrected chi connectivity index (χ4v) is 2.41. The first-order valence-corrected chi connectivity index (χ1v) is 6.11. The molecule has 0 bridgehead atoms. The lowest BCUT2D eigenvalue weighted by molar-refractivity contribution is -0.122. The van der Waals surface area contributed by atoms with E-state index in [1.54, 1.807) is 6.20 Å². The third-order valence-electron chi connectivity index (χ3n) is 3.66. The molecule has 0 atom stereocenters. The van der Waals surface area contributed by atoms with Crippen LogP contribution < -0.4 is 5.32 Å². The summed E-state index contributed by atoms with van der Waals surface area (Å²) in [5.41, 5.74) is 3.39. The molecule has 1 heterocycles. The SMILES string of the molecule is O=C(Nc1cnc2c(c1)CCC2)C1CCC1. The highest BCUT2D eigenvalue weighted by Crippen LogP contribution is 2.28. The van der Waals surface area contributed by atoms with Crippen molar-refractivity contribution in [3.8, 4) is 0 Å². The number of carbonyl (C=O) groups is 1. The molecule has 1 amide bonds. The molecule has 2 aliphatic rings. The Morgan fingerprint density at radius 3 is 2.94 bits per heavy atom. The van der Waals surface area contributed by atoms with Crippen molar-refractivity contribution in [3.63, 3.8) is 0 Å². The third-order valence-corrected chi connectivity index (χ3v) is 3.66. The Balaban J connectivity index is 1.72. The van der Waals surface area contributed by atoms with Gasteiger partial charge in [0.05, 0.1) is 11.9 Å². The Hall–Kier alpha value is -1.38. The largest absolute Gasteiger partial charge is 0.324 e. The molecule has 0 spiro atoms. The van der Waals surface area contributed by atoms with Gasteiger partial charge >= 0.3 is 0 Å². The predicted octanol–water partition coefficient (Wildman–Crippen LogP) is 2.31. The highest BCUT2D eigenvalue weighted by molar-refractivity contribution is 5.92. The number of nitrogens with one attached hydrogen (secondary N) is 1. The molecule has 1 N–H and O–H groups in total. The molecule has 0 aliphatic heterocycles. The normalized spacial score (nSPS) is 19.0. The van der Waals surface area contributed by atoms with E-state index in [0.29, 0.717) is 0 Å². The number of nitrogens with zero attached hydrogens (tertiary/aromatic N) is 1. The quantitative estimate of drug-likeness (QED) is 0.824. The van der Waals surface area contributed by atoms with Gasteiger partial charge in [0.15, 0.2) is 0 Å². The summed E-state index contributed by atoms with van der Waals surface area (Å²) < 4.78 is 0. The van der Waals surface area contributed by atoms with Gasteiger partial charge in [-0.15, -0.1) is 0 Å². The summed E-state index contributed by atoms with van der Waals surface area (Å²) in [5.74, 6) is 0.416. The van der Waals surface area contributed by atoms with Crippen LogP contribution in [0.4, 0.5) is 5.69 Å². The van der Waals surface area contributed by atoms with Crippen LogP contribution in [0.2, 0.25) is 0 Å². The second kappa shape index (κ2) is 3.89. The minimum Gasteiger partial charge on any atom is -0.324 e. The second-order valence-corrected chi connectivity index (χ2v) is 4.80. The van der Waals surface area contributed by atoms with Gasteiger partial charge in [0, 0.05) is 11.6 Å². The maximum absolute atomic E-state index is 11.8. The molecule has 1 fully saturated rings. The zero-order chi connectivity index (χ0) is 11.0. The molecule has 16 heavy (non-hydrogen) atoms. The summed E-state index contributed by atoms with van der Waals surface area (Å²) in [5, 5.41) is 2.97. The molecule has 3 heteroatoms. The van der Waals surface area contributed by atoms with Gasteiger partial charge < -0.3 is 5.32 Å². The molecule has 0 aromatic carbocycles. The van der Waals surface area contributed by atoms with E-state index in [4.69, 9.17) is 0 Å². The van der Waals surface area contributed by atoms with E-state index in [0.717, 1.165) is 31.4 Å². The van der Waals surface area contributed by atoms with E-state index in [1.165, 1.54) is 24.1 Å². The Bertz CT molecular complexity index is 424. The van der Waals surface area contributed by atoms with Crippen LogP contribution in [-0.4, -0.2) is 10.9 Å². The zero-order valence-electron chi connectivity index (χ0n) is 9.33. The van der Waals surface area contributed by atoms with Crippen LogP contribution in [0.3, 0.4) is 0 Å². The van der Waals surface area contributed by atoms with Crippen molar-refractivity contribution < 1.29 is 4.79 Å². The highest BCUT2D eigenvalue weighted by atomic mass is 16.1. The summed E-state index contributed by atoms with van der Waals surface area (Å²) in [6, 6.07) is 2.09. The molecule has 0 unspecified atom stereocenters. The highest BCUT2D eigenvalue weighted by Gasteiger charge is 2.25. The van der Waals surface area contributed by atoms with Crippen LogP contribution in [0.15, 0.2) is 12.3 Å². The van der Waals surface area contributed by atoms with Gasteiger partial charge in [0.1, 0.15) is 0 Å². The van der Waals surface area contributed by atoms with Crippen LogP contribution in [0, 0.1) is 5.92 Å². The van der Waals surface area contributed by atoms with Gasteiger partial charge in [0.2, 0.25) is 5.91 Å². The maximum atomic E-state index is 11.8. The Morgan fingerprint density at radius 2 is 2.19 bits per heavy atom. The minimum atomic E-state index is 0.172. The van der Waals surface area contributed by atoms with Gasteiger partial charge in [-0.05, 0) is 43.7 Å². The number of hydrogen-bond donors (Lipinski definition) is 1. The van der Waals surface area contributed by atoms with Gasteiger partial charge in [-0.1, -0.05) is 6.42 Å². The summed E-state index contributed by atoms with van der Waals surface area (Å²) in [7, 11) is 0. The van der Waals surface area contributed by atoms with Gasteiger partial charge in [-0.3, -0.25) is 9.78 Å². The van der Waals surface area contributed by atoms with Crippen molar-refractivity contribution >= 4 is 11.6 Å². The molecule has 3 nitrogen and oxygen atoms in total. The number of hydrogen-bond acceptors (Lipinski definition) is 2. The Morgan fingerprint density at radius 1 is 1.31 bits per heavy atom. The molecule has 2 aliphatic carbocycles. The molecule has 1 saturated carbocycles. The molecule has 3 rings (SSSR count). The van der Waals surface area contributed by atoms with Gasteiger partial charge in [0.25, 0.3) is 0 Å². The minimum absolute atomic E-state index is 0.172. The van der Waals surface area contributed by atoms with E-state index in [2.05, 4.69) is 16.4 Å². The smallest absolute Gasteiger partial charge is 0.227 e. The summed E-state index contributed by atoms with van der Waals surface area (Å²) in [6.07, 6.45) is 8.47. The maximum Gasteiger partial charge on any atom is 0.227 e. The first-order chi connectivity index (χ1) is 7.83. The Labute approximate surface area is 95.3 Å². The Kier molecular flexibility index (Phi) is 2.39. The van der Waals surface area contributed by atoms with Crippen molar-refractivity contribution in [1.82, 2.24) is 4.98 Å². The van der Waals surface area contributed by atoms with Crippen LogP contribution in [0.25, 0.3) is 0 Å². The number of rotatable bonds is 2. The molecular formula is C13H16N2O. The summed E-state index contributed by atoms with van der Waals surface area (Å²) in [6.45, 7) is 0. The average Bonchev–Trinajstić information content (AvgIpc) is 2.61. The number of carbonyl (C=O) groups excluding carboxylic acids is 1. The topological polar surface area (TPSA) is 42.0 Å². The fraction of sp³-hybridized carbons (Fsp3) is 0.538. The van der Waals surface area contributed by atoms with Crippen molar-refractivity contribution in [3.05, 3.63) is 23.5 Å². The standard InChI is InChI=1S/C13H16N2O/c16-13(9-3-1-4-9)15-11-7-10-5-2-6-12(10)14-8-11/h7-9H,1-6H2,(H,15,16). The number of pyridine rings is 1. The average molecular weight is 216 g/mol. The van der Waals surface area contributed by atoms with Gasteiger partial charge in [-0.25, -0.2) is 0 Å². The third kappa shape index (κ3) is 1.70. The first-order valence-electron chi connectivity index (χ1n) is 6.11. The molecule has 1 aromatic rings. The summed E-state index contributed by atoms with van der Waals surface area (Å²) in [4.78, 5) is 16.2. The van der Waals surface area contributed by atoms with Crippen LogP contribution in [-0.2, 0) is 17.6 Å². The molecule has 84 valence electrons. The van der Waals surface area contributed by atoms with Crippen LogP contribution >= 0.6 is 0 Å². The van der Waals surface area contributed by atoms with E-state index >= 15 is 0 Å². The number of amides is 1. The lowest BCUT2D eigenvalue weighted by Gasteiger charge is -2.24. The predicted molar refractivity (Wildman–Crippen MR) is 62.2 cm³/mol. The van der Waals surface area contributed by atoms with Crippen molar-refractivity contribution in [2.75, 3.05) is 5.32 Å². The molecule has 1 aromatic heterocycles. The second-order valence-electron chi connectivity index (χ2n) is 4.80. The lowest BCUT2D eigenvalue weighted by Crippen LogP contribution is -2.28. The summed E-state index contributed by atoms with van der Waals surface area (Å²) >= 11 is 0. The monoisotopic (exact) mass is 216 g/mol. The first kappa shape index (κ1) is 9.82. The zero-order valence-corrected chi connectivity index (χ0v) is 9.33. The van der Waals surface area contributed by atoms with Crippen molar-refractivity contribution in [1.29, 1.82) is 0 Å². The number of anilines is 1. The molecular weight excluding hydrogens is 200 g/mol. The van der Waals surface area contributed by atoms with Gasteiger partial charge in [-0.2, -0.15) is 0 Å². The number of fused-ring (bicyclic) bond motifs is 1. The van der Waals surface area contributed by atoms with Crippen LogP contribution in [0.5, 0.6) is 0 Å². The van der Waals surface area contributed by atoms with E-state index in [9.17, 15) is 4.79 Å². The van der Waals surface area contributed by atoms with E-state index in [-0.39, 0.29) is 11.8 Å². The number of aromatic nitrogens is 1. The van der Waals surface area contributed by atoms with Crippen LogP contribution in [0.1, 0.15) is 36.9 Å². The molecule has 0 saturated heterocycles. The van der Waals surface area contributed by atoms with E-state index < -0.39 is 0 Å². The van der Waals surface area contributed by atoms with Crippen molar-refractivity contribution in [2.45, 2.75) is 38.5 Å².